The summed E-state index contributed by atoms with van der Waals surface area (Å²) in [6.07, 6.45) is 3.80. The Morgan fingerprint density at radius 3 is 0.979 bits per heavy atom. The van der Waals surface area contributed by atoms with Crippen molar-refractivity contribution in [1.82, 2.24) is 9.97 Å². The predicted molar refractivity (Wildman–Crippen MR) is 396 cm³/mol. The van der Waals surface area contributed by atoms with Gasteiger partial charge < -0.3 is 8.83 Å². The van der Waals surface area contributed by atoms with Gasteiger partial charge in [-0.3, -0.25) is 9.97 Å². The summed E-state index contributed by atoms with van der Waals surface area (Å²) in [6.45, 7) is 0. The van der Waals surface area contributed by atoms with E-state index < -0.39 is 0 Å². The highest BCUT2D eigenvalue weighted by molar-refractivity contribution is 6.27. The van der Waals surface area contributed by atoms with E-state index in [4.69, 9.17) is 18.8 Å². The average Bonchev–Trinajstić information content (AvgIpc) is 0.895. The van der Waals surface area contributed by atoms with E-state index in [2.05, 4.69) is 291 Å². The van der Waals surface area contributed by atoms with Crippen molar-refractivity contribution in [3.8, 4) is 67.0 Å². The Hall–Kier alpha value is -12.5. The number of aromatic nitrogens is 2. The highest BCUT2D eigenvalue weighted by Crippen LogP contribution is 2.50. The number of pyridine rings is 2. The molecule has 0 saturated carbocycles. The number of nitrogens with zero attached hydrogens (tertiary/aromatic N) is 2. The van der Waals surface area contributed by atoms with Gasteiger partial charge in [0.1, 0.15) is 22.6 Å². The number of hydrogen-bond donors (Lipinski definition) is 0. The molecule has 4 nitrogen and oxygen atoms in total. The maximum absolute atomic E-state index is 6.47. The molecular weight excluding hydrogens is 1140 g/mol. The van der Waals surface area contributed by atoms with E-state index in [0.717, 1.165) is 66.4 Å². The SMILES string of the molecule is c1ccc2c(-c3c4ccccc4c(-c4cccc5ccccc45)c4cc(-c5nccc6c5oc5ccccc56)ccc34)cccc2c1.c1ccc2cc(-c3c4ccccc4c(-c4cccc5ccccc45)c4ccc(-c5nccc6c5oc5ccccc56)cc34)ccc2c1. The molecule has 0 amide bonds. The van der Waals surface area contributed by atoms with Crippen molar-refractivity contribution < 1.29 is 8.83 Å². The van der Waals surface area contributed by atoms with Crippen LogP contribution in [0.5, 0.6) is 0 Å². The molecule has 0 saturated heterocycles. The van der Waals surface area contributed by atoms with E-state index >= 15 is 0 Å². The van der Waals surface area contributed by atoms with Crippen molar-refractivity contribution in [2.24, 2.45) is 0 Å². The Morgan fingerprint density at radius 1 is 0.191 bits per heavy atom. The Kier molecular flexibility index (Phi) is 12.3. The molecule has 0 atom stereocenters. The van der Waals surface area contributed by atoms with Gasteiger partial charge in [-0.2, -0.15) is 0 Å². The molecule has 4 aromatic heterocycles. The van der Waals surface area contributed by atoms with Gasteiger partial charge in [0.2, 0.25) is 0 Å². The van der Waals surface area contributed by atoms with E-state index in [1.54, 1.807) is 0 Å². The number of rotatable bonds is 6. The van der Waals surface area contributed by atoms with Gasteiger partial charge in [0.05, 0.1) is 0 Å². The number of furan rings is 2. The fraction of sp³-hybridized carbons (Fsp3) is 0. The molecule has 0 spiro atoms. The molecule has 16 aromatic carbocycles. The van der Waals surface area contributed by atoms with Crippen molar-refractivity contribution >= 4 is 130 Å². The van der Waals surface area contributed by atoms with Crippen molar-refractivity contribution in [1.29, 1.82) is 0 Å². The lowest BCUT2D eigenvalue weighted by Crippen LogP contribution is -1.93. The monoisotopic (exact) mass is 1190 g/mol. The van der Waals surface area contributed by atoms with Gasteiger partial charge in [0.25, 0.3) is 0 Å². The quantitative estimate of drug-likeness (QED) is 0.156. The molecule has 4 heteroatoms. The van der Waals surface area contributed by atoms with Crippen molar-refractivity contribution in [2.45, 2.75) is 0 Å². The van der Waals surface area contributed by atoms with Crippen LogP contribution in [0, 0.1) is 0 Å². The van der Waals surface area contributed by atoms with Gasteiger partial charge in [-0.1, -0.05) is 273 Å². The zero-order valence-corrected chi connectivity index (χ0v) is 50.9. The molecular formula is C90H54N2O2. The second-order valence-corrected chi connectivity index (χ2v) is 24.5. The van der Waals surface area contributed by atoms with Gasteiger partial charge in [-0.15, -0.1) is 0 Å². The molecule has 0 unspecified atom stereocenters. The first kappa shape index (κ1) is 53.3. The second kappa shape index (κ2) is 21.6. The average molecular weight is 1200 g/mol. The van der Waals surface area contributed by atoms with Crippen LogP contribution < -0.4 is 0 Å². The minimum absolute atomic E-state index is 0.815. The zero-order valence-electron chi connectivity index (χ0n) is 50.9. The fourth-order valence-corrected chi connectivity index (χ4v) is 15.2. The molecule has 0 N–H and O–H groups in total. The Bertz CT molecular complexity index is 6490. The largest absolute Gasteiger partial charge is 0.454 e. The Morgan fingerprint density at radius 2 is 0.521 bits per heavy atom. The van der Waals surface area contributed by atoms with Crippen LogP contribution in [0.3, 0.4) is 0 Å². The second-order valence-electron chi connectivity index (χ2n) is 24.5. The summed E-state index contributed by atoms with van der Waals surface area (Å²) in [6, 6.07) is 113. The summed E-state index contributed by atoms with van der Waals surface area (Å²) in [7, 11) is 0. The predicted octanol–water partition coefficient (Wildman–Crippen LogP) is 25.2. The van der Waals surface area contributed by atoms with E-state index in [9.17, 15) is 0 Å². The topological polar surface area (TPSA) is 52.1 Å². The van der Waals surface area contributed by atoms with Crippen molar-refractivity contribution in [2.75, 3.05) is 0 Å². The lowest BCUT2D eigenvalue weighted by Gasteiger charge is -2.20. The number of para-hydroxylation sites is 2. The van der Waals surface area contributed by atoms with Crippen LogP contribution >= 0.6 is 0 Å². The van der Waals surface area contributed by atoms with Gasteiger partial charge in [-0.25, -0.2) is 0 Å². The lowest BCUT2D eigenvalue weighted by atomic mass is 9.83. The highest BCUT2D eigenvalue weighted by atomic mass is 16.3. The van der Waals surface area contributed by atoms with Crippen LogP contribution in [0.4, 0.5) is 0 Å². The number of hydrogen-bond acceptors (Lipinski definition) is 4. The smallest absolute Gasteiger partial charge is 0.161 e. The van der Waals surface area contributed by atoms with E-state index in [1.807, 2.05) is 36.7 Å². The molecule has 4 heterocycles. The molecule has 436 valence electrons. The third-order valence-corrected chi connectivity index (χ3v) is 19.4. The minimum Gasteiger partial charge on any atom is -0.454 e. The van der Waals surface area contributed by atoms with Crippen LogP contribution in [-0.4, -0.2) is 9.97 Å². The molecule has 0 aliphatic heterocycles. The third-order valence-electron chi connectivity index (χ3n) is 19.4. The normalized spacial score (nSPS) is 11.8. The standard InChI is InChI=1S/2C45H27NO/c1-3-15-31-28(11-1)13-9-20-34(31)42-36-18-5-6-19-37(36)43(35-21-10-14-29-12-2-4-16-32(29)35)40-27-30(23-24-38(40)42)44-45-39(25-26-46-44)33-17-7-8-22-41(33)47-45;1-2-12-30-26-31(21-20-28(30)10-1)42-36-16-5-6-17-37(36)43(35-18-9-13-29-11-3-4-14-33(29)35)38-23-22-32(27-40(38)42)44-45-39(24-25-46-44)34-15-7-8-19-41(34)47-45/h2*1-27H. The molecule has 0 fully saturated rings. The first-order valence-corrected chi connectivity index (χ1v) is 32.1. The first-order valence-electron chi connectivity index (χ1n) is 32.1. The lowest BCUT2D eigenvalue weighted by molar-refractivity contribution is 0.668. The zero-order chi connectivity index (χ0) is 61.8. The maximum atomic E-state index is 6.47. The molecule has 20 rings (SSSR count). The summed E-state index contributed by atoms with van der Waals surface area (Å²) in [5, 5.41) is 24.0. The first-order chi connectivity index (χ1) is 46.6. The molecule has 20 aromatic rings. The summed E-state index contributed by atoms with van der Waals surface area (Å²) >= 11 is 0. The minimum atomic E-state index is 0.815. The fourth-order valence-electron chi connectivity index (χ4n) is 15.2. The van der Waals surface area contributed by atoms with Crippen LogP contribution in [0.2, 0.25) is 0 Å². The van der Waals surface area contributed by atoms with Gasteiger partial charge in [0, 0.05) is 45.1 Å². The summed E-state index contributed by atoms with van der Waals surface area (Å²) in [5.74, 6) is 0. The van der Waals surface area contributed by atoms with Crippen molar-refractivity contribution in [3.63, 3.8) is 0 Å². The molecule has 0 radical (unpaired) electrons. The summed E-state index contributed by atoms with van der Waals surface area (Å²) in [5.41, 5.74) is 17.0. The van der Waals surface area contributed by atoms with E-state index in [-0.39, 0.29) is 0 Å². The Labute approximate surface area is 540 Å². The van der Waals surface area contributed by atoms with Crippen LogP contribution in [-0.2, 0) is 0 Å². The van der Waals surface area contributed by atoms with Gasteiger partial charge >= 0.3 is 0 Å². The highest BCUT2D eigenvalue weighted by Gasteiger charge is 2.24. The van der Waals surface area contributed by atoms with Crippen LogP contribution in [0.25, 0.3) is 197 Å². The van der Waals surface area contributed by atoms with Crippen LogP contribution in [0.1, 0.15) is 0 Å². The summed E-state index contributed by atoms with van der Waals surface area (Å²) in [4.78, 5) is 9.83. The summed E-state index contributed by atoms with van der Waals surface area (Å²) < 4.78 is 12.9. The molecule has 0 aliphatic rings. The maximum Gasteiger partial charge on any atom is 0.161 e. The number of fused-ring (bicyclic) bond motifs is 14. The molecule has 94 heavy (non-hydrogen) atoms. The molecule has 0 aliphatic carbocycles. The third kappa shape index (κ3) is 8.47. The van der Waals surface area contributed by atoms with Crippen LogP contribution in [0.15, 0.2) is 337 Å². The van der Waals surface area contributed by atoms with Gasteiger partial charge in [-0.05, 0) is 173 Å². The Balaban J connectivity index is 0.000000133. The van der Waals surface area contributed by atoms with Gasteiger partial charge in [0.15, 0.2) is 11.2 Å². The van der Waals surface area contributed by atoms with E-state index in [0.29, 0.717) is 0 Å². The van der Waals surface area contributed by atoms with Crippen molar-refractivity contribution in [3.05, 3.63) is 328 Å². The molecule has 0 bridgehead atoms. The van der Waals surface area contributed by atoms with E-state index in [1.165, 1.54) is 131 Å². The number of benzene rings is 16.